The third-order valence-corrected chi connectivity index (χ3v) is 5.15. The van der Waals surface area contributed by atoms with E-state index in [0.29, 0.717) is 16.5 Å². The van der Waals surface area contributed by atoms with Crippen LogP contribution in [0.1, 0.15) is 51.5 Å². The number of nitrogens with zero attached hydrogens (tertiary/aromatic N) is 2. The summed E-state index contributed by atoms with van der Waals surface area (Å²) in [6.07, 6.45) is 0. The monoisotopic (exact) mass is 417 g/mol. The summed E-state index contributed by atoms with van der Waals surface area (Å²) in [6.45, 7) is 5.51. The number of aromatic nitrogens is 2. The lowest BCUT2D eigenvalue weighted by molar-refractivity contribution is 0.0592. The van der Waals surface area contributed by atoms with E-state index in [4.69, 9.17) is 4.42 Å². The molecule has 0 spiro atoms. The van der Waals surface area contributed by atoms with Gasteiger partial charge in [0.05, 0.1) is 13.2 Å². The number of hydrogen-bond acceptors (Lipinski definition) is 7. The SMILES string of the molecule is COC(=O)c1nc(-c2csc([C@@H](NC(=O)c3cccc(F)c3)C(C)C)n2)oc1C. The molecule has 0 aliphatic carbocycles. The predicted octanol–water partition coefficient (Wildman–Crippen LogP) is 4.16. The molecule has 0 saturated heterocycles. The van der Waals surface area contributed by atoms with Gasteiger partial charge in [-0.15, -0.1) is 11.3 Å². The Balaban J connectivity index is 1.84. The highest BCUT2D eigenvalue weighted by atomic mass is 32.1. The number of ether oxygens (including phenoxy) is 1. The van der Waals surface area contributed by atoms with Crippen LogP contribution in [0, 0.1) is 18.7 Å². The van der Waals surface area contributed by atoms with Crippen molar-refractivity contribution in [2.45, 2.75) is 26.8 Å². The Hall–Kier alpha value is -3.07. The van der Waals surface area contributed by atoms with Gasteiger partial charge in [0.1, 0.15) is 22.3 Å². The summed E-state index contributed by atoms with van der Waals surface area (Å²) >= 11 is 1.33. The smallest absolute Gasteiger partial charge is 0.360 e. The second-order valence-electron chi connectivity index (χ2n) is 6.69. The Kier molecular flexibility index (Phi) is 6.07. The highest BCUT2D eigenvalue weighted by molar-refractivity contribution is 7.10. The molecule has 152 valence electrons. The van der Waals surface area contributed by atoms with Crippen LogP contribution in [0.25, 0.3) is 11.6 Å². The number of aryl methyl sites for hydroxylation is 1. The number of halogens is 1. The van der Waals surface area contributed by atoms with Crippen LogP contribution in [0.5, 0.6) is 0 Å². The molecule has 1 atom stereocenters. The number of nitrogens with one attached hydrogen (secondary N) is 1. The van der Waals surface area contributed by atoms with Gasteiger partial charge < -0.3 is 14.5 Å². The topological polar surface area (TPSA) is 94.3 Å². The molecule has 7 nitrogen and oxygen atoms in total. The van der Waals surface area contributed by atoms with Crippen molar-refractivity contribution < 1.29 is 23.1 Å². The molecule has 0 fully saturated rings. The van der Waals surface area contributed by atoms with Gasteiger partial charge in [-0.3, -0.25) is 4.79 Å². The van der Waals surface area contributed by atoms with Gasteiger partial charge in [-0.05, 0) is 31.0 Å². The minimum Gasteiger partial charge on any atom is -0.464 e. The summed E-state index contributed by atoms with van der Waals surface area (Å²) < 4.78 is 23.6. The zero-order chi connectivity index (χ0) is 21.1. The Morgan fingerprint density at radius 1 is 1.28 bits per heavy atom. The van der Waals surface area contributed by atoms with E-state index in [1.165, 1.54) is 36.6 Å². The molecule has 1 amide bonds. The molecule has 2 aromatic heterocycles. The Labute approximate surface area is 170 Å². The second-order valence-corrected chi connectivity index (χ2v) is 7.58. The van der Waals surface area contributed by atoms with E-state index in [-0.39, 0.29) is 35.0 Å². The van der Waals surface area contributed by atoms with Crippen LogP contribution in [0.3, 0.4) is 0 Å². The van der Waals surface area contributed by atoms with E-state index >= 15 is 0 Å². The molecule has 0 aliphatic heterocycles. The van der Waals surface area contributed by atoms with Crippen molar-refractivity contribution in [1.29, 1.82) is 0 Å². The van der Waals surface area contributed by atoms with E-state index < -0.39 is 11.8 Å². The number of methoxy groups -OCH3 is 1. The maximum Gasteiger partial charge on any atom is 0.360 e. The van der Waals surface area contributed by atoms with Crippen molar-refractivity contribution in [2.24, 2.45) is 5.92 Å². The normalized spacial score (nSPS) is 12.1. The molecule has 2 heterocycles. The van der Waals surface area contributed by atoms with Crippen LogP contribution in [-0.4, -0.2) is 29.0 Å². The number of rotatable bonds is 6. The average molecular weight is 417 g/mol. The first-order chi connectivity index (χ1) is 13.8. The number of oxazole rings is 1. The molecule has 3 rings (SSSR count). The Morgan fingerprint density at radius 2 is 2.03 bits per heavy atom. The maximum absolute atomic E-state index is 13.4. The summed E-state index contributed by atoms with van der Waals surface area (Å²) in [7, 11) is 1.27. The van der Waals surface area contributed by atoms with E-state index in [9.17, 15) is 14.0 Å². The van der Waals surface area contributed by atoms with Crippen LogP contribution in [-0.2, 0) is 4.74 Å². The third-order valence-electron chi connectivity index (χ3n) is 4.22. The van der Waals surface area contributed by atoms with Crippen LogP contribution in [0.2, 0.25) is 0 Å². The molecule has 29 heavy (non-hydrogen) atoms. The second kappa shape index (κ2) is 8.52. The molecular formula is C20H20FN3O4S. The van der Waals surface area contributed by atoms with Crippen molar-refractivity contribution in [3.8, 4) is 11.6 Å². The summed E-state index contributed by atoms with van der Waals surface area (Å²) in [6, 6.07) is 5.11. The summed E-state index contributed by atoms with van der Waals surface area (Å²) in [4.78, 5) is 32.9. The van der Waals surface area contributed by atoms with E-state index in [1.807, 2.05) is 13.8 Å². The summed E-state index contributed by atoms with van der Waals surface area (Å²) in [5.74, 6) is -0.889. The van der Waals surface area contributed by atoms with Gasteiger partial charge in [-0.1, -0.05) is 19.9 Å². The fraction of sp³-hybridized carbons (Fsp3) is 0.300. The number of hydrogen-bond donors (Lipinski definition) is 1. The Bertz CT molecular complexity index is 1040. The van der Waals surface area contributed by atoms with E-state index in [1.54, 1.807) is 18.4 Å². The molecule has 0 aliphatic rings. The van der Waals surface area contributed by atoms with Gasteiger partial charge in [0.25, 0.3) is 5.91 Å². The van der Waals surface area contributed by atoms with Gasteiger partial charge in [-0.25, -0.2) is 19.2 Å². The highest BCUT2D eigenvalue weighted by Gasteiger charge is 2.25. The van der Waals surface area contributed by atoms with Crippen molar-refractivity contribution >= 4 is 23.2 Å². The maximum atomic E-state index is 13.4. The number of amides is 1. The molecule has 0 unspecified atom stereocenters. The fourth-order valence-electron chi connectivity index (χ4n) is 2.69. The van der Waals surface area contributed by atoms with Crippen molar-refractivity contribution in [1.82, 2.24) is 15.3 Å². The quantitative estimate of drug-likeness (QED) is 0.605. The lowest BCUT2D eigenvalue weighted by Gasteiger charge is -2.20. The molecule has 0 radical (unpaired) electrons. The largest absolute Gasteiger partial charge is 0.464 e. The van der Waals surface area contributed by atoms with E-state index in [0.717, 1.165) is 0 Å². The molecule has 3 aromatic rings. The number of carbonyl (C=O) groups is 2. The summed E-state index contributed by atoms with van der Waals surface area (Å²) in [5, 5.41) is 5.29. The molecule has 1 aromatic carbocycles. The molecule has 0 bridgehead atoms. The van der Waals surface area contributed by atoms with Crippen molar-refractivity contribution in [2.75, 3.05) is 7.11 Å². The predicted molar refractivity (Wildman–Crippen MR) is 105 cm³/mol. The van der Waals surface area contributed by atoms with Crippen LogP contribution < -0.4 is 5.32 Å². The van der Waals surface area contributed by atoms with Crippen molar-refractivity contribution in [3.05, 3.63) is 57.5 Å². The molecule has 1 N–H and O–H groups in total. The van der Waals surface area contributed by atoms with Gasteiger partial charge in [0.2, 0.25) is 5.89 Å². The van der Waals surface area contributed by atoms with Gasteiger partial charge in [-0.2, -0.15) is 0 Å². The molecule has 9 heteroatoms. The number of thiazole rings is 1. The first kappa shape index (κ1) is 20.7. The first-order valence-electron chi connectivity index (χ1n) is 8.88. The van der Waals surface area contributed by atoms with Crippen LogP contribution >= 0.6 is 11.3 Å². The fourth-order valence-corrected chi connectivity index (χ4v) is 3.70. The zero-order valence-electron chi connectivity index (χ0n) is 16.4. The third kappa shape index (κ3) is 4.51. The minimum absolute atomic E-state index is 0.0310. The number of esters is 1. The average Bonchev–Trinajstić information content (AvgIpc) is 3.31. The van der Waals surface area contributed by atoms with E-state index in [2.05, 4.69) is 20.0 Å². The Morgan fingerprint density at radius 3 is 2.69 bits per heavy atom. The minimum atomic E-state index is -0.588. The number of carbonyl (C=O) groups excluding carboxylic acids is 2. The van der Waals surface area contributed by atoms with Crippen molar-refractivity contribution in [3.63, 3.8) is 0 Å². The lowest BCUT2D eigenvalue weighted by atomic mass is 10.0. The van der Waals surface area contributed by atoms with Gasteiger partial charge in [0, 0.05) is 10.9 Å². The zero-order valence-corrected chi connectivity index (χ0v) is 17.2. The summed E-state index contributed by atoms with van der Waals surface area (Å²) in [5.41, 5.74) is 0.782. The van der Waals surface area contributed by atoms with Gasteiger partial charge >= 0.3 is 5.97 Å². The molecular weight excluding hydrogens is 397 g/mol. The number of benzene rings is 1. The van der Waals surface area contributed by atoms with Gasteiger partial charge in [0.15, 0.2) is 5.69 Å². The molecule has 0 saturated carbocycles. The first-order valence-corrected chi connectivity index (χ1v) is 9.76. The lowest BCUT2D eigenvalue weighted by Crippen LogP contribution is -2.31. The standard InChI is InChI=1S/C20H20FN3O4S/c1-10(2)15(23-17(25)12-6-5-7-13(21)8-12)19-22-14(9-29-19)18-24-16(11(3)28-18)20(26)27-4/h5-10,15H,1-4H3,(H,23,25)/t15-/m0/s1. The highest BCUT2D eigenvalue weighted by Crippen LogP contribution is 2.30. The van der Waals surface area contributed by atoms with Crippen LogP contribution in [0.4, 0.5) is 4.39 Å². The van der Waals surface area contributed by atoms with Crippen LogP contribution in [0.15, 0.2) is 34.1 Å².